The molecule has 0 aromatic carbocycles. The molecule has 0 aliphatic rings. The maximum atomic E-state index is 12.3. The van der Waals surface area contributed by atoms with Gasteiger partial charge in [-0.25, -0.2) is 0 Å². The monoisotopic (exact) mass is 1050 g/mol. The summed E-state index contributed by atoms with van der Waals surface area (Å²) in [6, 6.07) is 0. The first-order valence-corrected chi connectivity index (χ1v) is 32.1. The van der Waals surface area contributed by atoms with Crippen LogP contribution < -0.4 is 0 Å². The van der Waals surface area contributed by atoms with Crippen molar-refractivity contribution in [1.29, 1.82) is 0 Å². The zero-order valence-electron chi connectivity index (χ0n) is 49.7. The number of esters is 2. The summed E-state index contributed by atoms with van der Waals surface area (Å²) in [7, 11) is 0. The predicted octanol–water partition coefficient (Wildman–Crippen LogP) is 22.2. The first-order valence-electron chi connectivity index (χ1n) is 32.1. The van der Waals surface area contributed by atoms with Gasteiger partial charge in [0.15, 0.2) is 6.10 Å². The topological polar surface area (TPSA) is 72.8 Å². The highest BCUT2D eigenvalue weighted by Crippen LogP contribution is 2.17. The van der Waals surface area contributed by atoms with Gasteiger partial charge in [-0.2, -0.15) is 0 Å². The van der Waals surface area contributed by atoms with E-state index in [1.165, 1.54) is 167 Å². The van der Waals surface area contributed by atoms with E-state index in [0.717, 1.165) is 103 Å². The summed E-state index contributed by atoms with van der Waals surface area (Å²) in [6.45, 7) is 4.05. The van der Waals surface area contributed by atoms with Crippen LogP contribution in [0, 0.1) is 0 Å². The average molecular weight is 1050 g/mol. The third-order valence-electron chi connectivity index (χ3n) is 13.8. The minimum atomic E-state index is -0.780. The Hall–Kier alpha value is -3.70. The molecule has 0 saturated heterocycles. The van der Waals surface area contributed by atoms with Crippen molar-refractivity contribution in [3.05, 3.63) is 122 Å². The zero-order chi connectivity index (χ0) is 54.8. The summed E-state index contributed by atoms with van der Waals surface area (Å²) in [6.07, 6.45) is 96.2. The number of ether oxygens (including phenoxy) is 2. The molecule has 0 aliphatic carbocycles. The minimum Gasteiger partial charge on any atom is -0.462 e. The molecule has 0 amide bonds. The first kappa shape index (κ1) is 72.3. The van der Waals surface area contributed by atoms with Gasteiger partial charge in [0.25, 0.3) is 0 Å². The number of hydrogen-bond donors (Lipinski definition) is 1. The molecule has 0 bridgehead atoms. The van der Waals surface area contributed by atoms with E-state index >= 15 is 0 Å². The number of aliphatic hydroxyl groups is 1. The number of unbranched alkanes of at least 4 members (excludes halogenated alkanes) is 30. The molecule has 0 fully saturated rings. The van der Waals surface area contributed by atoms with Gasteiger partial charge < -0.3 is 14.6 Å². The summed E-state index contributed by atoms with van der Waals surface area (Å²) >= 11 is 0. The van der Waals surface area contributed by atoms with Crippen molar-refractivity contribution in [3.8, 4) is 0 Å². The lowest BCUT2D eigenvalue weighted by molar-refractivity contribution is -0.161. The Morgan fingerprint density at radius 2 is 0.566 bits per heavy atom. The molecule has 434 valence electrons. The highest BCUT2D eigenvalue weighted by molar-refractivity contribution is 5.70. The molecule has 76 heavy (non-hydrogen) atoms. The van der Waals surface area contributed by atoms with Crippen molar-refractivity contribution >= 4 is 11.9 Å². The highest BCUT2D eigenvalue weighted by Gasteiger charge is 2.16. The van der Waals surface area contributed by atoms with Crippen LogP contribution in [0.3, 0.4) is 0 Å². The van der Waals surface area contributed by atoms with Gasteiger partial charge in [0, 0.05) is 12.8 Å². The van der Waals surface area contributed by atoms with Crippen molar-refractivity contribution in [3.63, 3.8) is 0 Å². The molecular weight excluding hydrogens is 933 g/mol. The second-order valence-corrected chi connectivity index (χ2v) is 21.1. The van der Waals surface area contributed by atoms with Crippen molar-refractivity contribution in [2.45, 2.75) is 302 Å². The van der Waals surface area contributed by atoms with Crippen molar-refractivity contribution in [2.24, 2.45) is 0 Å². The average Bonchev–Trinajstić information content (AvgIpc) is 3.42. The van der Waals surface area contributed by atoms with Gasteiger partial charge in [-0.05, 0) is 89.9 Å². The normalized spacial score (nSPS) is 13.0. The molecule has 0 spiro atoms. The van der Waals surface area contributed by atoms with Gasteiger partial charge in [0.1, 0.15) is 6.61 Å². The van der Waals surface area contributed by atoms with Crippen LogP contribution in [0.2, 0.25) is 0 Å². The maximum Gasteiger partial charge on any atom is 0.306 e. The summed E-state index contributed by atoms with van der Waals surface area (Å²) in [5, 5.41) is 9.67. The van der Waals surface area contributed by atoms with Crippen molar-refractivity contribution in [1.82, 2.24) is 0 Å². The van der Waals surface area contributed by atoms with Gasteiger partial charge in [-0.3, -0.25) is 9.59 Å². The molecular formula is C71H120O5. The molecule has 1 N–H and O–H groups in total. The summed E-state index contributed by atoms with van der Waals surface area (Å²) < 4.78 is 10.7. The molecule has 1 unspecified atom stereocenters. The smallest absolute Gasteiger partial charge is 0.306 e. The Kier molecular flexibility index (Phi) is 62.4. The van der Waals surface area contributed by atoms with E-state index in [0.29, 0.717) is 12.8 Å². The number of aliphatic hydroxyl groups excluding tert-OH is 1. The fourth-order valence-corrected chi connectivity index (χ4v) is 9.00. The highest BCUT2D eigenvalue weighted by atomic mass is 16.6. The number of hydrogen-bond acceptors (Lipinski definition) is 5. The van der Waals surface area contributed by atoms with E-state index in [-0.39, 0.29) is 25.2 Å². The molecule has 0 aromatic rings. The van der Waals surface area contributed by atoms with E-state index in [4.69, 9.17) is 9.47 Å². The van der Waals surface area contributed by atoms with Gasteiger partial charge in [-0.15, -0.1) is 0 Å². The molecule has 1 atom stereocenters. The number of carbonyl (C=O) groups is 2. The lowest BCUT2D eigenvalue weighted by Gasteiger charge is -2.15. The fourth-order valence-electron chi connectivity index (χ4n) is 9.00. The van der Waals surface area contributed by atoms with E-state index in [2.05, 4.69) is 135 Å². The SMILES string of the molecule is CC/C=C\C/C=C\C/C=C\C/C=C\C/C=C\C/C=C\C/C=C\C/C=C\C/C=C\C/C=C\CCCCCCCCCCCCC(=O)OC(CO)COC(=O)CCCCCCCCCCCCCCCCCCCCCCC. The quantitative estimate of drug-likeness (QED) is 0.0373. The van der Waals surface area contributed by atoms with Crippen LogP contribution in [0.1, 0.15) is 296 Å². The van der Waals surface area contributed by atoms with Crippen LogP contribution >= 0.6 is 0 Å². The van der Waals surface area contributed by atoms with E-state index in [1.54, 1.807) is 0 Å². The predicted molar refractivity (Wildman–Crippen MR) is 334 cm³/mol. The molecule has 0 heterocycles. The minimum absolute atomic E-state index is 0.0690. The van der Waals surface area contributed by atoms with Crippen LogP contribution in [0.25, 0.3) is 0 Å². The van der Waals surface area contributed by atoms with E-state index < -0.39 is 6.10 Å². The lowest BCUT2D eigenvalue weighted by Crippen LogP contribution is -2.28. The van der Waals surface area contributed by atoms with Crippen molar-refractivity contribution in [2.75, 3.05) is 13.2 Å². The molecule has 5 nitrogen and oxygen atoms in total. The van der Waals surface area contributed by atoms with Gasteiger partial charge in [0.05, 0.1) is 6.61 Å². The summed E-state index contributed by atoms with van der Waals surface area (Å²) in [4.78, 5) is 24.6. The third kappa shape index (κ3) is 62.8. The first-order chi connectivity index (χ1) is 37.6. The lowest BCUT2D eigenvalue weighted by atomic mass is 10.0. The van der Waals surface area contributed by atoms with Gasteiger partial charge >= 0.3 is 11.9 Å². The van der Waals surface area contributed by atoms with Crippen LogP contribution in [0.5, 0.6) is 0 Å². The second-order valence-electron chi connectivity index (χ2n) is 21.1. The van der Waals surface area contributed by atoms with Crippen LogP contribution in [0.15, 0.2) is 122 Å². The fraction of sp³-hybridized carbons (Fsp3) is 0.690. The molecule has 0 aliphatic heterocycles. The second kappa shape index (κ2) is 65.6. The number of carbonyl (C=O) groups excluding carboxylic acids is 2. The number of rotatable bonds is 58. The van der Waals surface area contributed by atoms with E-state index in [1.807, 2.05) is 0 Å². The Balaban J connectivity index is 3.55. The Morgan fingerprint density at radius 1 is 0.316 bits per heavy atom. The van der Waals surface area contributed by atoms with E-state index in [9.17, 15) is 14.7 Å². The van der Waals surface area contributed by atoms with Crippen molar-refractivity contribution < 1.29 is 24.2 Å². The van der Waals surface area contributed by atoms with Gasteiger partial charge in [0.2, 0.25) is 0 Å². The van der Waals surface area contributed by atoms with Crippen LogP contribution in [0.4, 0.5) is 0 Å². The number of allylic oxidation sites excluding steroid dienone is 20. The summed E-state index contributed by atoms with van der Waals surface area (Å²) in [5.41, 5.74) is 0. The molecule has 0 radical (unpaired) electrons. The van der Waals surface area contributed by atoms with Gasteiger partial charge in [-0.1, -0.05) is 315 Å². The molecule has 0 rings (SSSR count). The Bertz CT molecular complexity index is 1520. The van der Waals surface area contributed by atoms with Crippen LogP contribution in [-0.2, 0) is 19.1 Å². The molecule has 5 heteroatoms. The third-order valence-corrected chi connectivity index (χ3v) is 13.8. The maximum absolute atomic E-state index is 12.3. The summed E-state index contributed by atoms with van der Waals surface area (Å²) in [5.74, 6) is -0.589. The molecule has 0 aromatic heterocycles. The Labute approximate surface area is 471 Å². The zero-order valence-corrected chi connectivity index (χ0v) is 49.7. The standard InChI is InChI=1S/C71H120O5/c1-3-5-7-9-11-13-15-17-19-21-23-25-26-27-28-29-30-31-32-33-34-35-36-37-38-39-40-41-42-43-44-46-48-50-52-54-56-58-60-62-64-66-71(74)76-69(67-72)68-75-70(73)65-63-61-59-57-55-53-51-49-47-45-24-22-20-18-16-14-12-10-8-6-4-2/h5,7,11,13,17,19,23,25,27-28,30-31,33-34,36-37,39-40,42-43,69,72H,3-4,6,8-10,12,14-16,18,20-22,24,26,29,32,35,38,41,44-68H2,1-2H3/b7-5-,13-11-,19-17-,25-23-,28-27-,31-30-,34-33-,37-36-,40-39-,43-42-. The Morgan fingerprint density at radius 3 is 0.855 bits per heavy atom. The van der Waals surface area contributed by atoms with Crippen LogP contribution in [-0.4, -0.2) is 36.4 Å². The molecule has 0 saturated carbocycles. The largest absolute Gasteiger partial charge is 0.462 e.